The largest absolute Gasteiger partial charge is 0.484 e. The predicted molar refractivity (Wildman–Crippen MR) is 82.4 cm³/mol. The van der Waals surface area contributed by atoms with E-state index < -0.39 is 5.91 Å². The second-order valence-corrected chi connectivity index (χ2v) is 5.24. The number of thiophene rings is 1. The lowest BCUT2D eigenvalue weighted by atomic mass is 10.2. The summed E-state index contributed by atoms with van der Waals surface area (Å²) in [6.45, 7) is -0.160. The number of carbonyl (C=O) groups is 2. The van der Waals surface area contributed by atoms with Crippen molar-refractivity contribution in [3.63, 3.8) is 0 Å². The van der Waals surface area contributed by atoms with Crippen LogP contribution in [0.15, 0.2) is 41.1 Å². The number of nitrogens with one attached hydrogen (secondary N) is 1. The van der Waals surface area contributed by atoms with Crippen LogP contribution < -0.4 is 15.8 Å². The van der Waals surface area contributed by atoms with Crippen LogP contribution in [0.1, 0.15) is 12.0 Å². The van der Waals surface area contributed by atoms with E-state index in [1.165, 1.54) is 5.56 Å². The number of aryl methyl sites for hydroxylation is 1. The predicted octanol–water partition coefficient (Wildman–Crippen LogP) is 2.18. The second kappa shape index (κ2) is 7.44. The molecule has 0 spiro atoms. The quantitative estimate of drug-likeness (QED) is 0.822. The third kappa shape index (κ3) is 5.27. The summed E-state index contributed by atoms with van der Waals surface area (Å²) in [4.78, 5) is 22.4. The summed E-state index contributed by atoms with van der Waals surface area (Å²) in [7, 11) is 0. The molecule has 5 nitrogen and oxygen atoms in total. The maximum absolute atomic E-state index is 11.8. The van der Waals surface area contributed by atoms with Crippen molar-refractivity contribution in [2.45, 2.75) is 12.8 Å². The fraction of sp³-hybridized carbons (Fsp3) is 0.200. The van der Waals surface area contributed by atoms with E-state index in [0.29, 0.717) is 17.9 Å². The van der Waals surface area contributed by atoms with Crippen molar-refractivity contribution in [1.82, 2.24) is 0 Å². The highest BCUT2D eigenvalue weighted by Gasteiger charge is 2.04. The highest BCUT2D eigenvalue weighted by molar-refractivity contribution is 7.07. The lowest BCUT2D eigenvalue weighted by Crippen LogP contribution is -2.20. The molecule has 3 N–H and O–H groups in total. The Kier molecular flexibility index (Phi) is 5.34. The van der Waals surface area contributed by atoms with Gasteiger partial charge in [0.15, 0.2) is 6.61 Å². The zero-order valence-electron chi connectivity index (χ0n) is 11.4. The first kappa shape index (κ1) is 15.1. The van der Waals surface area contributed by atoms with Crippen LogP contribution in [0.2, 0.25) is 0 Å². The molecule has 0 aliphatic carbocycles. The summed E-state index contributed by atoms with van der Waals surface area (Å²) in [6.07, 6.45) is 1.17. The Morgan fingerprint density at radius 2 is 1.95 bits per heavy atom. The van der Waals surface area contributed by atoms with Crippen molar-refractivity contribution in [2.24, 2.45) is 5.73 Å². The fourth-order valence-corrected chi connectivity index (χ4v) is 2.41. The zero-order chi connectivity index (χ0) is 15.1. The molecule has 2 amide bonds. The summed E-state index contributed by atoms with van der Waals surface area (Å²) < 4.78 is 5.14. The van der Waals surface area contributed by atoms with Gasteiger partial charge < -0.3 is 15.8 Å². The van der Waals surface area contributed by atoms with E-state index in [1.54, 1.807) is 35.6 Å². The maximum Gasteiger partial charge on any atom is 0.255 e. The molecule has 0 saturated heterocycles. The van der Waals surface area contributed by atoms with E-state index in [9.17, 15) is 9.59 Å². The summed E-state index contributed by atoms with van der Waals surface area (Å²) >= 11 is 1.62. The Labute approximate surface area is 126 Å². The van der Waals surface area contributed by atoms with Crippen molar-refractivity contribution in [1.29, 1.82) is 0 Å². The number of carbonyl (C=O) groups excluding carboxylic acids is 2. The Balaban J connectivity index is 1.79. The number of amides is 2. The number of anilines is 1. The molecular weight excluding hydrogens is 288 g/mol. The van der Waals surface area contributed by atoms with Crippen LogP contribution in [-0.4, -0.2) is 18.4 Å². The number of rotatable bonds is 7. The van der Waals surface area contributed by atoms with Gasteiger partial charge in [-0.3, -0.25) is 9.59 Å². The third-order valence-electron chi connectivity index (χ3n) is 2.74. The maximum atomic E-state index is 11.8. The lowest BCUT2D eigenvalue weighted by Gasteiger charge is -2.07. The first-order valence-corrected chi connectivity index (χ1v) is 7.40. The molecule has 0 atom stereocenters. The van der Waals surface area contributed by atoms with E-state index in [4.69, 9.17) is 10.5 Å². The molecule has 110 valence electrons. The smallest absolute Gasteiger partial charge is 0.255 e. The number of benzene rings is 1. The van der Waals surface area contributed by atoms with Gasteiger partial charge in [-0.05, 0) is 53.1 Å². The van der Waals surface area contributed by atoms with Gasteiger partial charge >= 0.3 is 0 Å². The highest BCUT2D eigenvalue weighted by atomic mass is 32.1. The van der Waals surface area contributed by atoms with E-state index in [0.717, 1.165) is 6.42 Å². The molecule has 2 aromatic rings. The van der Waals surface area contributed by atoms with E-state index in [2.05, 4.69) is 5.32 Å². The molecule has 0 unspecified atom stereocenters. The molecule has 0 radical (unpaired) electrons. The SMILES string of the molecule is NC(=O)COc1ccc(NC(=O)CCc2ccsc2)cc1. The minimum Gasteiger partial charge on any atom is -0.484 e. The van der Waals surface area contributed by atoms with Crippen LogP contribution in [0.4, 0.5) is 5.69 Å². The number of nitrogens with two attached hydrogens (primary N) is 1. The van der Waals surface area contributed by atoms with Gasteiger partial charge in [-0.1, -0.05) is 0 Å². The lowest BCUT2D eigenvalue weighted by molar-refractivity contribution is -0.120. The molecule has 1 aromatic heterocycles. The minimum atomic E-state index is -0.527. The van der Waals surface area contributed by atoms with Crippen LogP contribution in [0.5, 0.6) is 5.75 Å². The molecule has 2 rings (SSSR count). The van der Waals surface area contributed by atoms with Gasteiger partial charge in [0, 0.05) is 12.1 Å². The molecular formula is C15H16N2O3S. The Morgan fingerprint density at radius 3 is 2.57 bits per heavy atom. The van der Waals surface area contributed by atoms with Gasteiger partial charge in [-0.15, -0.1) is 0 Å². The number of primary amides is 1. The molecule has 0 bridgehead atoms. The van der Waals surface area contributed by atoms with Crippen molar-refractivity contribution < 1.29 is 14.3 Å². The van der Waals surface area contributed by atoms with Crippen LogP contribution in [0, 0.1) is 0 Å². The summed E-state index contributed by atoms with van der Waals surface area (Å²) in [5, 5.41) is 6.85. The van der Waals surface area contributed by atoms with E-state index in [1.807, 2.05) is 16.8 Å². The Morgan fingerprint density at radius 1 is 1.19 bits per heavy atom. The van der Waals surface area contributed by atoms with E-state index in [-0.39, 0.29) is 12.5 Å². The number of hydrogen-bond acceptors (Lipinski definition) is 4. The number of hydrogen-bond donors (Lipinski definition) is 2. The van der Waals surface area contributed by atoms with Gasteiger partial charge in [0.05, 0.1) is 0 Å². The van der Waals surface area contributed by atoms with Crippen molar-refractivity contribution in [3.05, 3.63) is 46.7 Å². The van der Waals surface area contributed by atoms with Crippen molar-refractivity contribution in [2.75, 3.05) is 11.9 Å². The standard InChI is InChI=1S/C15H16N2O3S/c16-14(18)9-20-13-4-2-12(3-5-13)17-15(19)6-1-11-7-8-21-10-11/h2-5,7-8,10H,1,6,9H2,(H2,16,18)(H,17,19). The van der Waals surface area contributed by atoms with Crippen LogP contribution >= 0.6 is 11.3 Å². The summed E-state index contributed by atoms with van der Waals surface area (Å²) in [5.74, 6) is -0.0297. The van der Waals surface area contributed by atoms with E-state index >= 15 is 0 Å². The fourth-order valence-electron chi connectivity index (χ4n) is 1.71. The summed E-state index contributed by atoms with van der Waals surface area (Å²) in [6, 6.07) is 8.81. The van der Waals surface area contributed by atoms with Crippen LogP contribution in [0.3, 0.4) is 0 Å². The van der Waals surface area contributed by atoms with Crippen molar-refractivity contribution >= 4 is 28.8 Å². The molecule has 6 heteroatoms. The van der Waals surface area contributed by atoms with Gasteiger partial charge in [0.25, 0.3) is 5.91 Å². The second-order valence-electron chi connectivity index (χ2n) is 4.46. The van der Waals surface area contributed by atoms with Crippen LogP contribution in [-0.2, 0) is 16.0 Å². The molecule has 1 heterocycles. The molecule has 0 fully saturated rings. The molecule has 21 heavy (non-hydrogen) atoms. The topological polar surface area (TPSA) is 81.4 Å². The molecule has 1 aromatic carbocycles. The first-order chi connectivity index (χ1) is 10.1. The number of ether oxygens (including phenoxy) is 1. The highest BCUT2D eigenvalue weighted by Crippen LogP contribution is 2.16. The zero-order valence-corrected chi connectivity index (χ0v) is 12.2. The third-order valence-corrected chi connectivity index (χ3v) is 3.47. The monoisotopic (exact) mass is 304 g/mol. The molecule has 0 saturated carbocycles. The Hall–Kier alpha value is -2.34. The average molecular weight is 304 g/mol. The van der Waals surface area contributed by atoms with Gasteiger partial charge in [0.2, 0.25) is 5.91 Å². The average Bonchev–Trinajstić information content (AvgIpc) is 2.98. The molecule has 0 aliphatic heterocycles. The van der Waals surface area contributed by atoms with Crippen LogP contribution in [0.25, 0.3) is 0 Å². The summed E-state index contributed by atoms with van der Waals surface area (Å²) in [5.41, 5.74) is 6.85. The van der Waals surface area contributed by atoms with Gasteiger partial charge in [-0.25, -0.2) is 0 Å². The minimum absolute atomic E-state index is 0.0352. The normalized spacial score (nSPS) is 10.1. The Bertz CT molecular complexity index is 594. The first-order valence-electron chi connectivity index (χ1n) is 6.45. The van der Waals surface area contributed by atoms with Gasteiger partial charge in [0.1, 0.15) is 5.75 Å². The van der Waals surface area contributed by atoms with Gasteiger partial charge in [-0.2, -0.15) is 11.3 Å². The van der Waals surface area contributed by atoms with Crippen molar-refractivity contribution in [3.8, 4) is 5.75 Å². The molecule has 0 aliphatic rings.